The first kappa shape index (κ1) is 11.1. The Bertz CT molecular complexity index is 534. The summed E-state index contributed by atoms with van der Waals surface area (Å²) in [6.07, 6.45) is 3.34. The van der Waals surface area contributed by atoms with E-state index in [-0.39, 0.29) is 5.91 Å². The molecule has 0 aliphatic heterocycles. The molecule has 2 heterocycles. The maximum atomic E-state index is 11.8. The molecule has 2 N–H and O–H groups in total. The van der Waals surface area contributed by atoms with Gasteiger partial charge in [-0.15, -0.1) is 0 Å². The molecule has 17 heavy (non-hydrogen) atoms. The van der Waals surface area contributed by atoms with Crippen molar-refractivity contribution < 1.29 is 4.79 Å². The first-order chi connectivity index (χ1) is 8.19. The van der Waals surface area contributed by atoms with Gasteiger partial charge >= 0.3 is 0 Å². The maximum absolute atomic E-state index is 11.8. The molecule has 6 nitrogen and oxygen atoms in total. The van der Waals surface area contributed by atoms with Crippen molar-refractivity contribution in [2.75, 3.05) is 17.7 Å². The molecule has 0 radical (unpaired) electrons. The zero-order valence-electron chi connectivity index (χ0n) is 9.64. The number of anilines is 2. The van der Waals surface area contributed by atoms with Gasteiger partial charge in [0.05, 0.1) is 0 Å². The number of amides is 1. The molecule has 0 saturated heterocycles. The molecule has 2 aromatic heterocycles. The van der Waals surface area contributed by atoms with Crippen LogP contribution in [0.3, 0.4) is 0 Å². The number of carbonyl (C=O) groups excluding carboxylic acids is 1. The predicted molar refractivity (Wildman–Crippen MR) is 64.9 cm³/mol. The van der Waals surface area contributed by atoms with Gasteiger partial charge in [0, 0.05) is 38.2 Å². The van der Waals surface area contributed by atoms with E-state index in [0.29, 0.717) is 11.5 Å². The van der Waals surface area contributed by atoms with E-state index in [1.165, 1.54) is 0 Å². The lowest BCUT2D eigenvalue weighted by Crippen LogP contribution is -2.14. The van der Waals surface area contributed by atoms with Gasteiger partial charge in [-0.25, -0.2) is 0 Å². The number of nitrogens with zero attached hydrogens (tertiary/aromatic N) is 3. The number of nitrogens with one attached hydrogen (secondary N) is 2. The smallest absolute Gasteiger partial charge is 0.275 e. The van der Waals surface area contributed by atoms with Gasteiger partial charge < -0.3 is 10.6 Å². The van der Waals surface area contributed by atoms with Crippen LogP contribution in [0.2, 0.25) is 0 Å². The lowest BCUT2D eigenvalue weighted by atomic mass is 10.3. The lowest BCUT2D eigenvalue weighted by molar-refractivity contribution is 0.102. The van der Waals surface area contributed by atoms with Crippen LogP contribution < -0.4 is 10.6 Å². The molecule has 6 heteroatoms. The molecule has 0 aliphatic rings. The molecule has 2 aromatic rings. The minimum absolute atomic E-state index is 0.277. The van der Waals surface area contributed by atoms with Crippen LogP contribution in [0.4, 0.5) is 11.5 Å². The Hall–Kier alpha value is -2.37. The second-order valence-electron chi connectivity index (χ2n) is 3.51. The molecule has 0 spiro atoms. The van der Waals surface area contributed by atoms with E-state index in [4.69, 9.17) is 0 Å². The first-order valence-corrected chi connectivity index (χ1v) is 5.14. The highest BCUT2D eigenvalue weighted by Crippen LogP contribution is 2.09. The van der Waals surface area contributed by atoms with E-state index in [0.717, 1.165) is 5.69 Å². The van der Waals surface area contributed by atoms with Crippen LogP contribution in [0.1, 0.15) is 10.5 Å². The summed E-state index contributed by atoms with van der Waals surface area (Å²) in [4.78, 5) is 15.8. The summed E-state index contributed by atoms with van der Waals surface area (Å²) in [7, 11) is 3.57. The van der Waals surface area contributed by atoms with Crippen molar-refractivity contribution in [3.63, 3.8) is 0 Å². The highest BCUT2D eigenvalue weighted by molar-refractivity contribution is 6.02. The van der Waals surface area contributed by atoms with Gasteiger partial charge in [0.1, 0.15) is 5.69 Å². The summed E-state index contributed by atoms with van der Waals surface area (Å²) in [5.74, 6) is 0.231. The molecule has 0 aliphatic carbocycles. The van der Waals surface area contributed by atoms with Crippen molar-refractivity contribution in [2.45, 2.75) is 0 Å². The Morgan fingerprint density at radius 3 is 2.88 bits per heavy atom. The van der Waals surface area contributed by atoms with E-state index >= 15 is 0 Å². The average molecular weight is 231 g/mol. The molecule has 0 unspecified atom stereocenters. The Morgan fingerprint density at radius 2 is 2.24 bits per heavy atom. The fraction of sp³-hybridized carbons (Fsp3) is 0.182. The Balaban J connectivity index is 2.14. The fourth-order valence-electron chi connectivity index (χ4n) is 1.37. The predicted octanol–water partition coefficient (Wildman–Crippen LogP) is 1.11. The largest absolute Gasteiger partial charge is 0.388 e. The first-order valence-electron chi connectivity index (χ1n) is 5.14. The lowest BCUT2D eigenvalue weighted by Gasteiger charge is -2.03. The van der Waals surface area contributed by atoms with Crippen molar-refractivity contribution in [3.05, 3.63) is 36.3 Å². The molecule has 88 valence electrons. The van der Waals surface area contributed by atoms with E-state index in [1.54, 1.807) is 49.4 Å². The van der Waals surface area contributed by atoms with E-state index in [1.807, 2.05) is 0 Å². The summed E-state index contributed by atoms with van der Waals surface area (Å²) in [5, 5.41) is 9.68. The van der Waals surface area contributed by atoms with Crippen molar-refractivity contribution in [3.8, 4) is 0 Å². The molecule has 2 rings (SSSR count). The topological polar surface area (TPSA) is 71.8 Å². The molecule has 0 bridgehead atoms. The van der Waals surface area contributed by atoms with E-state index in [9.17, 15) is 4.79 Å². The summed E-state index contributed by atoms with van der Waals surface area (Å²) in [6.45, 7) is 0. The minimum atomic E-state index is -0.277. The normalized spacial score (nSPS) is 10.0. The van der Waals surface area contributed by atoms with Crippen LogP contribution in [-0.4, -0.2) is 27.7 Å². The van der Waals surface area contributed by atoms with Gasteiger partial charge in [-0.05, 0) is 12.1 Å². The SMILES string of the molecule is CNc1ccnc(C(=O)Nc2ccn(C)n2)c1. The number of aromatic nitrogens is 3. The summed E-state index contributed by atoms with van der Waals surface area (Å²) < 4.78 is 1.62. The minimum Gasteiger partial charge on any atom is -0.388 e. The second kappa shape index (κ2) is 4.65. The number of rotatable bonds is 3. The molecule has 1 amide bonds. The van der Waals surface area contributed by atoms with Crippen LogP contribution in [0, 0.1) is 0 Å². The van der Waals surface area contributed by atoms with Crippen LogP contribution in [0.15, 0.2) is 30.6 Å². The molecule has 0 saturated carbocycles. The average Bonchev–Trinajstić information content (AvgIpc) is 2.75. The van der Waals surface area contributed by atoms with Crippen molar-refractivity contribution >= 4 is 17.4 Å². The monoisotopic (exact) mass is 231 g/mol. The summed E-state index contributed by atoms with van der Waals surface area (Å²) in [5.41, 5.74) is 1.19. The third kappa shape index (κ3) is 2.60. The second-order valence-corrected chi connectivity index (χ2v) is 3.51. The number of pyridine rings is 1. The van der Waals surface area contributed by atoms with Gasteiger partial charge in [0.2, 0.25) is 0 Å². The van der Waals surface area contributed by atoms with Crippen molar-refractivity contribution in [1.82, 2.24) is 14.8 Å². The number of aryl methyl sites for hydroxylation is 1. The van der Waals surface area contributed by atoms with Crippen LogP contribution in [0.5, 0.6) is 0 Å². The number of carbonyl (C=O) groups is 1. The number of hydrogen-bond acceptors (Lipinski definition) is 4. The molecular formula is C11H13N5O. The third-order valence-corrected chi connectivity index (χ3v) is 2.24. The summed E-state index contributed by atoms with van der Waals surface area (Å²) >= 11 is 0. The molecule has 0 atom stereocenters. The zero-order valence-corrected chi connectivity index (χ0v) is 9.64. The van der Waals surface area contributed by atoms with Crippen LogP contribution in [-0.2, 0) is 7.05 Å². The number of hydrogen-bond donors (Lipinski definition) is 2. The molecular weight excluding hydrogens is 218 g/mol. The fourth-order valence-corrected chi connectivity index (χ4v) is 1.37. The van der Waals surface area contributed by atoms with Crippen LogP contribution >= 0.6 is 0 Å². The zero-order chi connectivity index (χ0) is 12.3. The van der Waals surface area contributed by atoms with Gasteiger partial charge in [-0.1, -0.05) is 0 Å². The third-order valence-electron chi connectivity index (χ3n) is 2.24. The Labute approximate surface area is 98.7 Å². The van der Waals surface area contributed by atoms with Gasteiger partial charge in [-0.2, -0.15) is 5.10 Å². The Kier molecular flexibility index (Phi) is 3.04. The summed E-state index contributed by atoms with van der Waals surface area (Å²) in [6, 6.07) is 5.19. The molecule has 0 fully saturated rings. The van der Waals surface area contributed by atoms with Crippen molar-refractivity contribution in [1.29, 1.82) is 0 Å². The van der Waals surface area contributed by atoms with Crippen LogP contribution in [0.25, 0.3) is 0 Å². The molecule has 0 aromatic carbocycles. The highest BCUT2D eigenvalue weighted by Gasteiger charge is 2.09. The van der Waals surface area contributed by atoms with Gasteiger partial charge in [0.15, 0.2) is 5.82 Å². The van der Waals surface area contributed by atoms with Gasteiger partial charge in [0.25, 0.3) is 5.91 Å². The Morgan fingerprint density at radius 1 is 1.41 bits per heavy atom. The van der Waals surface area contributed by atoms with Crippen molar-refractivity contribution in [2.24, 2.45) is 7.05 Å². The van der Waals surface area contributed by atoms with E-state index < -0.39 is 0 Å². The highest BCUT2D eigenvalue weighted by atomic mass is 16.1. The standard InChI is InChI=1S/C11H13N5O/c1-12-8-3-5-13-9(7-8)11(17)14-10-4-6-16(2)15-10/h3-7H,1-2H3,(H,12,13)(H,14,15,17). The maximum Gasteiger partial charge on any atom is 0.275 e. The van der Waals surface area contributed by atoms with Gasteiger partial charge in [-0.3, -0.25) is 14.5 Å². The quantitative estimate of drug-likeness (QED) is 0.830. The van der Waals surface area contributed by atoms with E-state index in [2.05, 4.69) is 20.7 Å².